The molecule has 0 saturated heterocycles. The summed E-state index contributed by atoms with van der Waals surface area (Å²) < 4.78 is 7.72. The quantitative estimate of drug-likeness (QED) is 0.176. The van der Waals surface area contributed by atoms with E-state index in [0.717, 1.165) is 22.3 Å². The van der Waals surface area contributed by atoms with Crippen LogP contribution in [0.1, 0.15) is 37.0 Å². The minimum absolute atomic E-state index is 0.141. The maximum atomic E-state index is 12.8. The number of hydrogen-bond donors (Lipinski definition) is 0. The molecule has 4 aromatic rings. The number of aromatic nitrogens is 2. The highest BCUT2D eigenvalue weighted by molar-refractivity contribution is 7.20. The van der Waals surface area contributed by atoms with E-state index in [1.165, 1.54) is 11.3 Å². The zero-order valence-corrected chi connectivity index (χ0v) is 18.8. The number of rotatable bonds is 8. The van der Waals surface area contributed by atoms with Crippen LogP contribution in [0.15, 0.2) is 59.7 Å². The fourth-order valence-electron chi connectivity index (χ4n) is 3.44. The number of nitrogens with zero attached hydrogens (tertiary/aromatic N) is 4. The van der Waals surface area contributed by atoms with Gasteiger partial charge in [-0.05, 0) is 17.7 Å². The number of carbonyl (C=O) groups is 2. The lowest BCUT2D eigenvalue weighted by Gasteiger charge is -2.13. The third-order valence-corrected chi connectivity index (χ3v) is 6.16. The summed E-state index contributed by atoms with van der Waals surface area (Å²) in [5.41, 5.74) is 3.34. The van der Waals surface area contributed by atoms with Gasteiger partial charge in [0.05, 0.1) is 30.3 Å². The maximum absolute atomic E-state index is 12.8. The van der Waals surface area contributed by atoms with Crippen LogP contribution in [0.5, 0.6) is 5.75 Å². The molecule has 4 rings (SSSR count). The first kappa shape index (κ1) is 21.5. The summed E-state index contributed by atoms with van der Waals surface area (Å²) in [6, 6.07) is 16.8. The molecule has 0 atom stereocenters. The van der Waals surface area contributed by atoms with E-state index in [9.17, 15) is 9.59 Å². The minimum atomic E-state index is -0.141. The van der Waals surface area contributed by atoms with Crippen molar-refractivity contribution in [1.29, 1.82) is 0 Å². The molecule has 0 amide bonds. The second kappa shape index (κ2) is 9.15. The van der Waals surface area contributed by atoms with Crippen molar-refractivity contribution in [3.05, 3.63) is 82.0 Å². The van der Waals surface area contributed by atoms with Gasteiger partial charge in [0, 0.05) is 25.2 Å². The van der Waals surface area contributed by atoms with Crippen molar-refractivity contribution >= 4 is 40.0 Å². The maximum Gasteiger partial charge on any atom is 0.221 e. The fraction of sp³-hybridized carbons (Fsp3) is 0.167. The van der Waals surface area contributed by atoms with Crippen LogP contribution in [0.2, 0.25) is 0 Å². The molecule has 162 valence electrons. The van der Waals surface area contributed by atoms with Gasteiger partial charge >= 0.3 is 0 Å². The molecule has 2 aromatic heterocycles. The first-order valence-corrected chi connectivity index (χ1v) is 10.8. The molecule has 0 saturated carbocycles. The number of aryl methyl sites for hydroxylation is 1. The van der Waals surface area contributed by atoms with E-state index in [0.29, 0.717) is 34.0 Å². The van der Waals surface area contributed by atoms with Gasteiger partial charge in [-0.1, -0.05) is 42.5 Å². The summed E-state index contributed by atoms with van der Waals surface area (Å²) >= 11 is 1.27. The van der Waals surface area contributed by atoms with Crippen LogP contribution in [0.25, 0.3) is 10.3 Å². The van der Waals surface area contributed by atoms with Gasteiger partial charge in [-0.25, -0.2) is 4.98 Å². The molecule has 0 unspecified atom stereocenters. The number of ketones is 1. The summed E-state index contributed by atoms with van der Waals surface area (Å²) in [6.07, 6.45) is 2.44. The predicted molar refractivity (Wildman–Crippen MR) is 126 cm³/mol. The summed E-state index contributed by atoms with van der Waals surface area (Å²) in [6.45, 7) is 0.570. The monoisotopic (exact) mass is 446 g/mol. The van der Waals surface area contributed by atoms with Crippen LogP contribution in [-0.4, -0.2) is 47.0 Å². The number of thiazole rings is 1. The SMILES string of the molecule is COc1cccc(CN(C)/N=C\c2c(C=O)n(C)c3nc(C(=O)c4ccccc4)sc23)c1. The molecule has 0 N–H and O–H groups in total. The first-order valence-electron chi connectivity index (χ1n) is 9.94. The van der Waals surface area contributed by atoms with E-state index in [1.54, 1.807) is 42.1 Å². The first-order chi connectivity index (χ1) is 15.5. The van der Waals surface area contributed by atoms with E-state index < -0.39 is 0 Å². The van der Waals surface area contributed by atoms with Crippen molar-refractivity contribution in [2.75, 3.05) is 14.2 Å². The van der Waals surface area contributed by atoms with E-state index >= 15 is 0 Å². The Morgan fingerprint density at radius 3 is 2.72 bits per heavy atom. The number of ether oxygens (including phenoxy) is 1. The Kier molecular flexibility index (Phi) is 6.13. The van der Waals surface area contributed by atoms with Crippen LogP contribution in [0.3, 0.4) is 0 Å². The van der Waals surface area contributed by atoms with Gasteiger partial charge in [-0.15, -0.1) is 11.3 Å². The Balaban J connectivity index is 1.64. The van der Waals surface area contributed by atoms with Gasteiger partial charge in [0.1, 0.15) is 5.75 Å². The lowest BCUT2D eigenvalue weighted by atomic mass is 10.1. The summed E-state index contributed by atoms with van der Waals surface area (Å²) in [4.78, 5) is 29.1. The molecular weight excluding hydrogens is 424 g/mol. The number of hydrogen-bond acceptors (Lipinski definition) is 7. The van der Waals surface area contributed by atoms with E-state index in [1.807, 2.05) is 49.5 Å². The highest BCUT2D eigenvalue weighted by atomic mass is 32.1. The molecule has 0 aliphatic carbocycles. The number of fused-ring (bicyclic) bond motifs is 1. The predicted octanol–water partition coefficient (Wildman–Crippen LogP) is 4.15. The minimum Gasteiger partial charge on any atom is -0.497 e. The Labute approximate surface area is 189 Å². The van der Waals surface area contributed by atoms with Gasteiger partial charge in [0.25, 0.3) is 0 Å². The highest BCUT2D eigenvalue weighted by Gasteiger charge is 2.22. The summed E-state index contributed by atoms with van der Waals surface area (Å²) in [5, 5.41) is 6.68. The summed E-state index contributed by atoms with van der Waals surface area (Å²) in [7, 11) is 5.25. The van der Waals surface area contributed by atoms with Crippen LogP contribution in [0.4, 0.5) is 0 Å². The van der Waals surface area contributed by atoms with Crippen molar-refractivity contribution in [3.8, 4) is 5.75 Å². The van der Waals surface area contributed by atoms with Crippen molar-refractivity contribution in [2.45, 2.75) is 6.54 Å². The smallest absolute Gasteiger partial charge is 0.221 e. The van der Waals surface area contributed by atoms with Gasteiger partial charge in [0.2, 0.25) is 5.78 Å². The molecule has 0 bridgehead atoms. The Bertz CT molecular complexity index is 1310. The van der Waals surface area contributed by atoms with Crippen LogP contribution < -0.4 is 4.74 Å². The van der Waals surface area contributed by atoms with Crippen molar-refractivity contribution < 1.29 is 14.3 Å². The van der Waals surface area contributed by atoms with Gasteiger partial charge in [-0.2, -0.15) is 5.10 Å². The average Bonchev–Trinajstić information content (AvgIpc) is 3.36. The fourth-order valence-corrected chi connectivity index (χ4v) is 4.51. The largest absolute Gasteiger partial charge is 0.497 e. The van der Waals surface area contributed by atoms with Crippen LogP contribution in [0, 0.1) is 0 Å². The molecule has 2 aromatic carbocycles. The number of carbonyl (C=O) groups excluding carboxylic acids is 2. The lowest BCUT2D eigenvalue weighted by Crippen LogP contribution is -2.11. The second-order valence-corrected chi connectivity index (χ2v) is 8.25. The molecule has 0 fully saturated rings. The molecule has 0 spiro atoms. The third-order valence-electron chi connectivity index (χ3n) is 5.08. The van der Waals surface area contributed by atoms with Gasteiger partial charge in [-0.3, -0.25) is 14.6 Å². The number of hydrazone groups is 1. The van der Waals surface area contributed by atoms with Gasteiger partial charge < -0.3 is 9.30 Å². The highest BCUT2D eigenvalue weighted by Crippen LogP contribution is 2.30. The Morgan fingerprint density at radius 1 is 1.22 bits per heavy atom. The van der Waals surface area contributed by atoms with Crippen molar-refractivity contribution in [3.63, 3.8) is 0 Å². The van der Waals surface area contributed by atoms with E-state index in [4.69, 9.17) is 4.74 Å². The zero-order chi connectivity index (χ0) is 22.7. The topological polar surface area (TPSA) is 76.8 Å². The molecule has 8 heteroatoms. The molecule has 0 radical (unpaired) electrons. The number of aldehydes is 1. The molecule has 2 heterocycles. The summed E-state index contributed by atoms with van der Waals surface area (Å²) in [5.74, 6) is 0.644. The van der Waals surface area contributed by atoms with Crippen molar-refractivity contribution in [2.24, 2.45) is 12.1 Å². The molecule has 32 heavy (non-hydrogen) atoms. The lowest BCUT2D eigenvalue weighted by molar-refractivity contribution is 0.103. The number of benzene rings is 2. The van der Waals surface area contributed by atoms with E-state index in [-0.39, 0.29) is 5.78 Å². The zero-order valence-electron chi connectivity index (χ0n) is 18.0. The van der Waals surface area contributed by atoms with Crippen LogP contribution >= 0.6 is 11.3 Å². The van der Waals surface area contributed by atoms with Crippen molar-refractivity contribution in [1.82, 2.24) is 14.6 Å². The van der Waals surface area contributed by atoms with Gasteiger partial charge in [0.15, 0.2) is 16.9 Å². The second-order valence-electron chi connectivity index (χ2n) is 7.25. The van der Waals surface area contributed by atoms with E-state index in [2.05, 4.69) is 10.1 Å². The molecule has 0 aliphatic rings. The Morgan fingerprint density at radius 2 is 2.00 bits per heavy atom. The Hall–Kier alpha value is -3.78. The molecule has 0 aliphatic heterocycles. The number of methoxy groups -OCH3 is 1. The normalized spacial score (nSPS) is 11.2. The molecule has 7 nitrogen and oxygen atoms in total. The standard InChI is InChI=1S/C24H22N4O3S/c1-27(14-16-8-7-11-18(12-16)31-3)25-13-19-20(15-29)28(2)23-22(19)32-24(26-23)21(30)17-9-5-4-6-10-17/h4-13,15H,14H2,1-3H3/b25-13-. The third kappa shape index (κ3) is 4.17. The average molecular weight is 447 g/mol. The van der Waals surface area contributed by atoms with Crippen LogP contribution in [-0.2, 0) is 13.6 Å². The molecular formula is C24H22N4O3S.